The minimum atomic E-state index is -0.691. The summed E-state index contributed by atoms with van der Waals surface area (Å²) in [5.41, 5.74) is 1.96. The number of phenolic OH excluding ortho intramolecular Hbond substituents is 1. The number of hydrogen-bond donors (Lipinski definition) is 2. The molecule has 0 saturated heterocycles. The maximum atomic E-state index is 13.1. The average Bonchev–Trinajstić information content (AvgIpc) is 2.85. The number of halogens is 1. The fraction of sp³-hybridized carbons (Fsp3) is 0.120. The molecule has 0 aliphatic carbocycles. The molecule has 1 amide bonds. The van der Waals surface area contributed by atoms with Gasteiger partial charge in [-0.25, -0.2) is 0 Å². The number of aromatic nitrogens is 1. The fourth-order valence-electron chi connectivity index (χ4n) is 3.54. The molecule has 32 heavy (non-hydrogen) atoms. The summed E-state index contributed by atoms with van der Waals surface area (Å²) < 4.78 is 10.5. The Hall–Kier alpha value is -3.77. The van der Waals surface area contributed by atoms with Gasteiger partial charge < -0.3 is 19.9 Å². The van der Waals surface area contributed by atoms with Gasteiger partial charge in [0, 0.05) is 22.7 Å². The number of phenols is 1. The van der Waals surface area contributed by atoms with Gasteiger partial charge in [0.1, 0.15) is 22.8 Å². The zero-order valence-electron chi connectivity index (χ0n) is 17.5. The van der Waals surface area contributed by atoms with Crippen LogP contribution in [0.4, 0.5) is 0 Å². The lowest BCUT2D eigenvalue weighted by Gasteiger charge is -2.22. The smallest absolute Gasteiger partial charge is 0.252 e. The third-order valence-electron chi connectivity index (χ3n) is 5.21. The largest absolute Gasteiger partial charge is 0.505 e. The quantitative estimate of drug-likeness (QED) is 0.427. The number of aromatic hydroxyl groups is 1. The number of hydrogen-bond acceptors (Lipinski definition) is 5. The van der Waals surface area contributed by atoms with E-state index in [4.69, 9.17) is 21.1 Å². The number of methoxy groups -OCH3 is 2. The first-order valence-corrected chi connectivity index (χ1v) is 10.2. The van der Waals surface area contributed by atoms with Crippen molar-refractivity contribution in [2.24, 2.45) is 0 Å². The van der Waals surface area contributed by atoms with Gasteiger partial charge in [-0.2, -0.15) is 0 Å². The predicted molar refractivity (Wildman–Crippen MR) is 124 cm³/mol. The van der Waals surface area contributed by atoms with Crippen LogP contribution in [0, 0.1) is 0 Å². The van der Waals surface area contributed by atoms with Crippen LogP contribution in [0.1, 0.15) is 27.5 Å². The topological polar surface area (TPSA) is 80.7 Å². The molecule has 2 N–H and O–H groups in total. The Morgan fingerprint density at radius 2 is 1.75 bits per heavy atom. The molecule has 0 unspecified atom stereocenters. The van der Waals surface area contributed by atoms with E-state index in [1.165, 1.54) is 0 Å². The number of amides is 1. The van der Waals surface area contributed by atoms with Crippen molar-refractivity contribution in [3.8, 4) is 17.2 Å². The molecule has 0 radical (unpaired) electrons. The van der Waals surface area contributed by atoms with Crippen LogP contribution in [-0.2, 0) is 0 Å². The molecular formula is C25H21ClN2O4. The Labute approximate surface area is 190 Å². The van der Waals surface area contributed by atoms with E-state index in [0.717, 1.165) is 5.56 Å². The molecule has 0 spiro atoms. The summed E-state index contributed by atoms with van der Waals surface area (Å²) in [6.45, 7) is 0. The van der Waals surface area contributed by atoms with Crippen LogP contribution < -0.4 is 14.8 Å². The second kappa shape index (κ2) is 9.16. The van der Waals surface area contributed by atoms with E-state index < -0.39 is 6.04 Å². The lowest BCUT2D eigenvalue weighted by molar-refractivity contribution is 0.0942. The molecular weight excluding hydrogens is 428 g/mol. The van der Waals surface area contributed by atoms with E-state index in [1.54, 1.807) is 75.0 Å². The van der Waals surface area contributed by atoms with Gasteiger partial charge in [0.25, 0.3) is 5.91 Å². The van der Waals surface area contributed by atoms with Gasteiger partial charge >= 0.3 is 0 Å². The Kier molecular flexibility index (Phi) is 6.14. The summed E-state index contributed by atoms with van der Waals surface area (Å²) in [5.74, 6) is 0.867. The van der Waals surface area contributed by atoms with Crippen LogP contribution in [0.2, 0.25) is 5.02 Å². The number of carbonyl (C=O) groups excluding carboxylic acids is 1. The Balaban J connectivity index is 1.82. The van der Waals surface area contributed by atoms with Crippen LogP contribution >= 0.6 is 11.6 Å². The first-order chi connectivity index (χ1) is 15.5. The van der Waals surface area contributed by atoms with Crippen molar-refractivity contribution in [3.63, 3.8) is 0 Å². The van der Waals surface area contributed by atoms with Gasteiger partial charge in [0.2, 0.25) is 0 Å². The molecule has 4 rings (SSSR count). The van der Waals surface area contributed by atoms with Gasteiger partial charge in [0.05, 0.1) is 25.3 Å². The zero-order valence-corrected chi connectivity index (χ0v) is 18.3. The van der Waals surface area contributed by atoms with Crippen molar-refractivity contribution < 1.29 is 19.4 Å². The van der Waals surface area contributed by atoms with E-state index in [9.17, 15) is 9.90 Å². The molecule has 162 valence electrons. The zero-order chi connectivity index (χ0) is 22.7. The highest BCUT2D eigenvalue weighted by atomic mass is 35.5. The first-order valence-electron chi connectivity index (χ1n) is 9.86. The summed E-state index contributed by atoms with van der Waals surface area (Å²) in [5, 5.41) is 15.1. The highest BCUT2D eigenvalue weighted by Gasteiger charge is 2.24. The Bertz CT molecular complexity index is 1270. The van der Waals surface area contributed by atoms with E-state index >= 15 is 0 Å². The average molecular weight is 449 g/mol. The molecule has 0 fully saturated rings. The van der Waals surface area contributed by atoms with Crippen LogP contribution in [-0.4, -0.2) is 30.2 Å². The maximum absolute atomic E-state index is 13.1. The SMILES string of the molecule is COc1ccc([C@@H](NC(=O)c2cccc(OC)c2)c2cc(Cl)c3cccnc3c2O)cc1. The number of rotatable bonds is 6. The van der Waals surface area contributed by atoms with E-state index in [1.807, 2.05) is 12.1 Å². The third-order valence-corrected chi connectivity index (χ3v) is 5.53. The molecule has 1 atom stereocenters. The number of benzene rings is 3. The van der Waals surface area contributed by atoms with E-state index in [2.05, 4.69) is 10.3 Å². The molecule has 7 heteroatoms. The van der Waals surface area contributed by atoms with Gasteiger partial charge in [-0.15, -0.1) is 0 Å². The molecule has 0 aliphatic heterocycles. The molecule has 0 aliphatic rings. The second-order valence-electron chi connectivity index (χ2n) is 7.11. The lowest BCUT2D eigenvalue weighted by Crippen LogP contribution is -2.29. The van der Waals surface area contributed by atoms with Crippen molar-refractivity contribution in [1.82, 2.24) is 10.3 Å². The maximum Gasteiger partial charge on any atom is 0.252 e. The van der Waals surface area contributed by atoms with Crippen molar-refractivity contribution in [2.75, 3.05) is 14.2 Å². The monoisotopic (exact) mass is 448 g/mol. The van der Waals surface area contributed by atoms with Crippen molar-refractivity contribution in [3.05, 3.63) is 94.6 Å². The summed E-state index contributed by atoms with van der Waals surface area (Å²) in [7, 11) is 3.12. The normalized spacial score (nSPS) is 11.7. The molecule has 0 saturated carbocycles. The third kappa shape index (κ3) is 4.18. The van der Waals surface area contributed by atoms with Crippen LogP contribution in [0.25, 0.3) is 10.9 Å². The summed E-state index contributed by atoms with van der Waals surface area (Å²) in [4.78, 5) is 17.4. The molecule has 6 nitrogen and oxygen atoms in total. The van der Waals surface area contributed by atoms with Gasteiger partial charge in [-0.1, -0.05) is 29.8 Å². The summed E-state index contributed by atoms with van der Waals surface area (Å²) >= 11 is 6.51. The number of ether oxygens (including phenoxy) is 2. The standard InChI is InChI=1S/C25H21ClN2O4/c1-31-17-10-8-15(9-11-17)22(28-25(30)16-5-3-6-18(13-16)32-2)20-14-21(26)19-7-4-12-27-23(19)24(20)29/h3-14,22,29H,1-2H3,(H,28,30)/t22-/m1/s1. The molecule has 4 aromatic rings. The number of nitrogens with one attached hydrogen (secondary N) is 1. The van der Waals surface area contributed by atoms with E-state index in [-0.39, 0.29) is 11.7 Å². The van der Waals surface area contributed by atoms with Gasteiger partial charge in [0.15, 0.2) is 0 Å². The summed E-state index contributed by atoms with van der Waals surface area (Å²) in [6.07, 6.45) is 1.58. The van der Waals surface area contributed by atoms with Gasteiger partial charge in [-0.05, 0) is 54.1 Å². The summed E-state index contributed by atoms with van der Waals surface area (Å²) in [6, 6.07) is 18.6. The Morgan fingerprint density at radius 1 is 1.00 bits per heavy atom. The second-order valence-corrected chi connectivity index (χ2v) is 7.51. The molecule has 1 heterocycles. The number of pyridine rings is 1. The highest BCUT2D eigenvalue weighted by molar-refractivity contribution is 6.35. The minimum Gasteiger partial charge on any atom is -0.505 e. The number of carbonyl (C=O) groups is 1. The molecule has 1 aromatic heterocycles. The van der Waals surface area contributed by atoms with Crippen LogP contribution in [0.15, 0.2) is 72.9 Å². The van der Waals surface area contributed by atoms with Crippen molar-refractivity contribution in [2.45, 2.75) is 6.04 Å². The highest BCUT2D eigenvalue weighted by Crippen LogP contribution is 2.38. The molecule has 3 aromatic carbocycles. The fourth-order valence-corrected chi connectivity index (χ4v) is 3.81. The van der Waals surface area contributed by atoms with Gasteiger partial charge in [-0.3, -0.25) is 9.78 Å². The lowest BCUT2D eigenvalue weighted by atomic mass is 9.95. The van der Waals surface area contributed by atoms with Crippen LogP contribution in [0.5, 0.6) is 17.2 Å². The number of fused-ring (bicyclic) bond motifs is 1. The van der Waals surface area contributed by atoms with Crippen LogP contribution in [0.3, 0.4) is 0 Å². The molecule has 0 bridgehead atoms. The van der Waals surface area contributed by atoms with E-state index in [0.29, 0.717) is 38.6 Å². The first kappa shape index (κ1) is 21.5. The van der Waals surface area contributed by atoms with Crippen molar-refractivity contribution in [1.29, 1.82) is 0 Å². The number of nitrogens with zero attached hydrogens (tertiary/aromatic N) is 1. The predicted octanol–water partition coefficient (Wildman–Crippen LogP) is 5.13. The Morgan fingerprint density at radius 3 is 2.47 bits per heavy atom. The van der Waals surface area contributed by atoms with Crippen molar-refractivity contribution >= 4 is 28.4 Å². The minimum absolute atomic E-state index is 0.0447.